The SMILES string of the molecule is COC(=O)[C@](NC(=O)c1ccc(OC)cc1)(Nc1sc2c(c1C#N)CC[C@@H](C)C2)C(F)(F)F. The third-order valence-electron chi connectivity index (χ3n) is 5.49. The first kappa shape index (κ1) is 24.4. The zero-order valence-corrected chi connectivity index (χ0v) is 18.9. The summed E-state index contributed by atoms with van der Waals surface area (Å²) in [6.45, 7) is 2.02. The molecule has 11 heteroatoms. The number of fused-ring (bicyclic) bond motifs is 1. The summed E-state index contributed by atoms with van der Waals surface area (Å²) in [4.78, 5) is 26.1. The average molecular weight is 481 g/mol. The number of benzene rings is 1. The summed E-state index contributed by atoms with van der Waals surface area (Å²) in [6.07, 6.45) is -3.33. The van der Waals surface area contributed by atoms with Gasteiger partial charge >= 0.3 is 17.8 Å². The zero-order valence-electron chi connectivity index (χ0n) is 18.1. The number of nitrogens with one attached hydrogen (secondary N) is 2. The number of amides is 1. The molecule has 1 heterocycles. The van der Waals surface area contributed by atoms with Crippen LogP contribution in [0.5, 0.6) is 5.75 Å². The van der Waals surface area contributed by atoms with Gasteiger partial charge in [-0.3, -0.25) is 4.79 Å². The predicted octanol–water partition coefficient (Wildman–Crippen LogP) is 4.03. The highest BCUT2D eigenvalue weighted by atomic mass is 32.1. The van der Waals surface area contributed by atoms with E-state index in [0.717, 1.165) is 29.7 Å². The van der Waals surface area contributed by atoms with Gasteiger partial charge in [-0.1, -0.05) is 6.92 Å². The Kier molecular flexibility index (Phi) is 6.88. The van der Waals surface area contributed by atoms with E-state index in [1.165, 1.54) is 31.4 Å². The highest BCUT2D eigenvalue weighted by Gasteiger charge is 2.64. The number of rotatable bonds is 6. The molecule has 33 heavy (non-hydrogen) atoms. The molecule has 0 spiro atoms. The van der Waals surface area contributed by atoms with Gasteiger partial charge in [0.1, 0.15) is 16.8 Å². The van der Waals surface area contributed by atoms with Crippen molar-refractivity contribution < 1.29 is 32.2 Å². The quantitative estimate of drug-likeness (QED) is 0.477. The van der Waals surface area contributed by atoms with Gasteiger partial charge < -0.3 is 20.1 Å². The van der Waals surface area contributed by atoms with E-state index < -0.39 is 23.7 Å². The number of ether oxygens (including phenoxy) is 2. The molecule has 0 aliphatic heterocycles. The average Bonchev–Trinajstić information content (AvgIpc) is 3.12. The number of halogens is 3. The summed E-state index contributed by atoms with van der Waals surface area (Å²) in [6, 6.07) is 7.28. The molecule has 0 saturated carbocycles. The van der Waals surface area contributed by atoms with Gasteiger partial charge in [-0.15, -0.1) is 11.3 Å². The maximum Gasteiger partial charge on any atom is 0.441 e. The second kappa shape index (κ2) is 9.31. The van der Waals surface area contributed by atoms with Crippen molar-refractivity contribution in [2.45, 2.75) is 38.0 Å². The second-order valence-electron chi connectivity index (χ2n) is 7.71. The lowest BCUT2D eigenvalue weighted by Gasteiger charge is -2.34. The van der Waals surface area contributed by atoms with E-state index in [1.54, 1.807) is 5.32 Å². The fourth-order valence-electron chi connectivity index (χ4n) is 3.66. The van der Waals surface area contributed by atoms with Crippen LogP contribution in [0, 0.1) is 17.2 Å². The molecule has 1 aromatic carbocycles. The van der Waals surface area contributed by atoms with Gasteiger partial charge in [0.15, 0.2) is 0 Å². The minimum Gasteiger partial charge on any atom is -0.497 e. The Morgan fingerprint density at radius 3 is 2.42 bits per heavy atom. The van der Waals surface area contributed by atoms with E-state index in [4.69, 9.17) is 4.74 Å². The number of anilines is 1. The molecule has 1 aliphatic carbocycles. The number of carbonyl (C=O) groups is 2. The number of hydrogen-bond acceptors (Lipinski definition) is 7. The number of nitriles is 1. The monoisotopic (exact) mass is 481 g/mol. The van der Waals surface area contributed by atoms with E-state index >= 15 is 0 Å². The molecule has 0 bridgehead atoms. The Morgan fingerprint density at radius 2 is 1.88 bits per heavy atom. The standard InChI is InChI=1S/C22H22F3N3O4S/c1-12-4-9-15-16(11-26)19(33-17(15)10-12)28-21(20(30)32-3,22(23,24)25)27-18(29)13-5-7-14(31-2)8-6-13/h5-8,12,28H,4,9-10H2,1-3H3,(H,27,29)/t12-,21+/m1/s1. The highest BCUT2D eigenvalue weighted by Crippen LogP contribution is 2.42. The smallest absolute Gasteiger partial charge is 0.441 e. The van der Waals surface area contributed by atoms with Gasteiger partial charge in [-0.05, 0) is 55.0 Å². The van der Waals surface area contributed by atoms with Crippen LogP contribution in [0.25, 0.3) is 0 Å². The predicted molar refractivity (Wildman–Crippen MR) is 115 cm³/mol. The minimum absolute atomic E-state index is 0.0399. The van der Waals surface area contributed by atoms with Crippen molar-refractivity contribution in [1.82, 2.24) is 5.32 Å². The summed E-state index contributed by atoms with van der Waals surface area (Å²) < 4.78 is 52.6. The van der Waals surface area contributed by atoms with Crippen LogP contribution in [0.1, 0.15) is 39.7 Å². The molecule has 2 N–H and O–H groups in total. The molecule has 0 saturated heterocycles. The van der Waals surface area contributed by atoms with E-state index in [-0.39, 0.29) is 16.1 Å². The van der Waals surface area contributed by atoms with Gasteiger partial charge in [-0.25, -0.2) is 4.79 Å². The van der Waals surface area contributed by atoms with Crippen LogP contribution >= 0.6 is 11.3 Å². The number of nitrogens with zero attached hydrogens (tertiary/aromatic N) is 1. The third kappa shape index (κ3) is 4.61. The Bertz CT molecular complexity index is 1090. The van der Waals surface area contributed by atoms with Gasteiger partial charge in [0.05, 0.1) is 19.8 Å². The van der Waals surface area contributed by atoms with E-state index in [0.29, 0.717) is 30.1 Å². The summed E-state index contributed by atoms with van der Waals surface area (Å²) >= 11 is 0.980. The second-order valence-corrected chi connectivity index (χ2v) is 8.82. The largest absolute Gasteiger partial charge is 0.497 e. The number of esters is 1. The minimum atomic E-state index is -5.30. The number of alkyl halides is 3. The number of carbonyl (C=O) groups excluding carboxylic acids is 2. The Labute approximate surface area is 192 Å². The van der Waals surface area contributed by atoms with Crippen molar-refractivity contribution in [3.8, 4) is 11.8 Å². The molecule has 0 radical (unpaired) electrons. The van der Waals surface area contributed by atoms with Crippen LogP contribution in [-0.4, -0.2) is 37.9 Å². The summed E-state index contributed by atoms with van der Waals surface area (Å²) in [5.41, 5.74) is -3.03. The first-order valence-corrected chi connectivity index (χ1v) is 10.8. The van der Waals surface area contributed by atoms with Gasteiger partial charge in [0.25, 0.3) is 5.91 Å². The van der Waals surface area contributed by atoms with Gasteiger partial charge in [0, 0.05) is 10.4 Å². The van der Waals surface area contributed by atoms with Crippen LogP contribution in [0.15, 0.2) is 24.3 Å². The van der Waals surface area contributed by atoms with Crippen LogP contribution < -0.4 is 15.4 Å². The van der Waals surface area contributed by atoms with Crippen molar-refractivity contribution >= 4 is 28.2 Å². The van der Waals surface area contributed by atoms with Gasteiger partial charge in [0.2, 0.25) is 0 Å². The topological polar surface area (TPSA) is 100 Å². The molecule has 1 aromatic heterocycles. The molecule has 0 fully saturated rings. The van der Waals surface area contributed by atoms with Crippen LogP contribution in [0.4, 0.5) is 18.2 Å². The maximum absolute atomic E-state index is 14.4. The lowest BCUT2D eigenvalue weighted by molar-refractivity contribution is -0.203. The molecule has 7 nitrogen and oxygen atoms in total. The van der Waals surface area contributed by atoms with Crippen molar-refractivity contribution in [3.05, 3.63) is 45.8 Å². The zero-order chi connectivity index (χ0) is 24.4. The van der Waals surface area contributed by atoms with Crippen molar-refractivity contribution in [2.24, 2.45) is 5.92 Å². The fraction of sp³-hybridized carbons (Fsp3) is 0.409. The van der Waals surface area contributed by atoms with Crippen molar-refractivity contribution in [2.75, 3.05) is 19.5 Å². The molecule has 2 atom stereocenters. The first-order chi connectivity index (χ1) is 15.6. The molecule has 0 unspecified atom stereocenters. The number of hydrogen-bond donors (Lipinski definition) is 2. The summed E-state index contributed by atoms with van der Waals surface area (Å²) in [5, 5.41) is 13.4. The van der Waals surface area contributed by atoms with Crippen molar-refractivity contribution in [3.63, 3.8) is 0 Å². The van der Waals surface area contributed by atoms with Crippen molar-refractivity contribution in [1.29, 1.82) is 5.26 Å². The van der Waals surface area contributed by atoms with Crippen LogP contribution in [0.2, 0.25) is 0 Å². The fourth-order valence-corrected chi connectivity index (χ4v) is 5.07. The Hall–Kier alpha value is -3.26. The lowest BCUT2D eigenvalue weighted by Crippen LogP contribution is -2.69. The molecule has 176 valence electrons. The van der Waals surface area contributed by atoms with Gasteiger partial charge in [-0.2, -0.15) is 18.4 Å². The van der Waals surface area contributed by atoms with Crippen LogP contribution in [-0.2, 0) is 22.4 Å². The first-order valence-electron chi connectivity index (χ1n) is 10.0. The normalized spacial score (nSPS) is 17.2. The molecule has 1 amide bonds. The Morgan fingerprint density at radius 1 is 1.21 bits per heavy atom. The summed E-state index contributed by atoms with van der Waals surface area (Å²) in [7, 11) is 2.19. The third-order valence-corrected chi connectivity index (χ3v) is 6.66. The molecule has 3 rings (SSSR count). The molecular formula is C22H22F3N3O4S. The summed E-state index contributed by atoms with van der Waals surface area (Å²) in [5.74, 6) is -2.21. The lowest BCUT2D eigenvalue weighted by atomic mass is 9.88. The number of methoxy groups -OCH3 is 2. The maximum atomic E-state index is 14.4. The Balaban J connectivity index is 2.06. The van der Waals surface area contributed by atoms with E-state index in [9.17, 15) is 28.0 Å². The highest BCUT2D eigenvalue weighted by molar-refractivity contribution is 7.16. The van der Waals surface area contributed by atoms with E-state index in [2.05, 4.69) is 10.1 Å². The van der Waals surface area contributed by atoms with E-state index in [1.807, 2.05) is 13.0 Å². The molecule has 1 aliphatic rings. The number of thiophene rings is 1. The molecular weight excluding hydrogens is 459 g/mol. The van der Waals surface area contributed by atoms with Crippen LogP contribution in [0.3, 0.4) is 0 Å². The molecule has 2 aromatic rings.